The molecule has 0 bridgehead atoms. The molecule has 0 aromatic carbocycles. The number of hydrogen-bond acceptors (Lipinski definition) is 3. The van der Waals surface area contributed by atoms with E-state index in [4.69, 9.17) is 5.11 Å². The van der Waals surface area contributed by atoms with E-state index in [1.807, 2.05) is 32.2 Å². The van der Waals surface area contributed by atoms with Crippen LogP contribution in [0.3, 0.4) is 0 Å². The highest BCUT2D eigenvalue weighted by Crippen LogP contribution is 2.07. The van der Waals surface area contributed by atoms with Crippen LogP contribution in [0.15, 0.2) is 18.3 Å². The molecule has 0 amide bonds. The predicted molar refractivity (Wildman–Crippen MR) is 66.7 cm³/mol. The van der Waals surface area contributed by atoms with Gasteiger partial charge in [-0.25, -0.2) is 0 Å². The molecule has 0 aliphatic carbocycles. The third kappa shape index (κ3) is 4.53. The van der Waals surface area contributed by atoms with E-state index in [1.54, 1.807) is 6.92 Å². The standard InChI is InChI=1S/C13H20N2O2/c1-4-15(8-10(2)13(16)17)9-12-6-5-11(3)14-7-12/h5-7,10H,4,8-9H2,1-3H3,(H,16,17). The maximum absolute atomic E-state index is 10.8. The molecule has 4 heteroatoms. The van der Waals surface area contributed by atoms with Crippen molar-refractivity contribution in [3.05, 3.63) is 29.6 Å². The number of carbonyl (C=O) groups is 1. The van der Waals surface area contributed by atoms with E-state index < -0.39 is 5.97 Å². The largest absolute Gasteiger partial charge is 0.481 e. The Labute approximate surface area is 102 Å². The first-order chi connectivity index (χ1) is 8.02. The minimum absolute atomic E-state index is 0.339. The fraction of sp³-hybridized carbons (Fsp3) is 0.538. The number of nitrogens with zero attached hydrogens (tertiary/aromatic N) is 2. The third-order valence-electron chi connectivity index (χ3n) is 2.78. The number of carboxylic acids is 1. The van der Waals surface area contributed by atoms with Crippen LogP contribution in [0, 0.1) is 12.8 Å². The predicted octanol–water partition coefficient (Wildman–Crippen LogP) is 1.93. The molecule has 4 nitrogen and oxygen atoms in total. The Morgan fingerprint density at radius 2 is 2.24 bits per heavy atom. The van der Waals surface area contributed by atoms with Crippen LogP contribution in [0.1, 0.15) is 25.1 Å². The van der Waals surface area contributed by atoms with Crippen LogP contribution in [0.4, 0.5) is 0 Å². The first-order valence-electron chi connectivity index (χ1n) is 5.89. The molecule has 0 saturated heterocycles. The highest BCUT2D eigenvalue weighted by molar-refractivity contribution is 5.69. The highest BCUT2D eigenvalue weighted by atomic mass is 16.4. The van der Waals surface area contributed by atoms with Gasteiger partial charge in [0.2, 0.25) is 0 Å². The second-order valence-corrected chi connectivity index (χ2v) is 4.37. The first-order valence-corrected chi connectivity index (χ1v) is 5.89. The third-order valence-corrected chi connectivity index (χ3v) is 2.78. The van der Waals surface area contributed by atoms with E-state index in [9.17, 15) is 4.79 Å². The van der Waals surface area contributed by atoms with E-state index in [-0.39, 0.29) is 5.92 Å². The van der Waals surface area contributed by atoms with E-state index in [2.05, 4.69) is 9.88 Å². The molecule has 1 unspecified atom stereocenters. The van der Waals surface area contributed by atoms with Crippen molar-refractivity contribution in [2.75, 3.05) is 13.1 Å². The highest BCUT2D eigenvalue weighted by Gasteiger charge is 2.15. The van der Waals surface area contributed by atoms with Crippen molar-refractivity contribution in [2.24, 2.45) is 5.92 Å². The molecule has 0 fully saturated rings. The summed E-state index contributed by atoms with van der Waals surface area (Å²) >= 11 is 0. The summed E-state index contributed by atoms with van der Waals surface area (Å²) in [4.78, 5) is 17.2. The smallest absolute Gasteiger partial charge is 0.307 e. The normalized spacial score (nSPS) is 12.7. The molecule has 0 spiro atoms. The van der Waals surface area contributed by atoms with Gasteiger partial charge in [-0.05, 0) is 25.1 Å². The van der Waals surface area contributed by atoms with Gasteiger partial charge in [-0.1, -0.05) is 19.9 Å². The number of aromatic nitrogens is 1. The van der Waals surface area contributed by atoms with Gasteiger partial charge in [0.15, 0.2) is 0 Å². The molecule has 1 rings (SSSR count). The van der Waals surface area contributed by atoms with Gasteiger partial charge in [-0.15, -0.1) is 0 Å². The van der Waals surface area contributed by atoms with Gasteiger partial charge < -0.3 is 5.11 Å². The van der Waals surface area contributed by atoms with Crippen molar-refractivity contribution in [3.63, 3.8) is 0 Å². The van der Waals surface area contributed by atoms with Gasteiger partial charge >= 0.3 is 5.97 Å². The van der Waals surface area contributed by atoms with Crippen LogP contribution in [0.5, 0.6) is 0 Å². The lowest BCUT2D eigenvalue weighted by Gasteiger charge is -2.22. The molecule has 1 heterocycles. The number of carboxylic acid groups (broad SMARTS) is 1. The fourth-order valence-corrected chi connectivity index (χ4v) is 1.62. The Hall–Kier alpha value is -1.42. The van der Waals surface area contributed by atoms with Crippen LogP contribution >= 0.6 is 0 Å². The van der Waals surface area contributed by atoms with E-state index in [0.717, 1.165) is 24.3 Å². The van der Waals surface area contributed by atoms with Crippen molar-refractivity contribution in [1.82, 2.24) is 9.88 Å². The zero-order valence-electron chi connectivity index (χ0n) is 10.7. The lowest BCUT2D eigenvalue weighted by atomic mass is 10.1. The quantitative estimate of drug-likeness (QED) is 0.820. The van der Waals surface area contributed by atoms with Crippen LogP contribution in [-0.2, 0) is 11.3 Å². The van der Waals surface area contributed by atoms with E-state index in [1.165, 1.54) is 0 Å². The molecular weight excluding hydrogens is 216 g/mol. The monoisotopic (exact) mass is 236 g/mol. The average molecular weight is 236 g/mol. The fourth-order valence-electron chi connectivity index (χ4n) is 1.62. The van der Waals surface area contributed by atoms with Crippen molar-refractivity contribution >= 4 is 5.97 Å². The van der Waals surface area contributed by atoms with Crippen LogP contribution in [0.2, 0.25) is 0 Å². The summed E-state index contributed by atoms with van der Waals surface area (Å²) in [5.41, 5.74) is 2.12. The Morgan fingerprint density at radius 3 is 2.71 bits per heavy atom. The molecule has 0 radical (unpaired) electrons. The molecule has 0 aliphatic rings. The van der Waals surface area contributed by atoms with Gasteiger partial charge in [0.25, 0.3) is 0 Å². The van der Waals surface area contributed by atoms with Crippen molar-refractivity contribution in [1.29, 1.82) is 0 Å². The lowest BCUT2D eigenvalue weighted by Crippen LogP contribution is -2.31. The maximum atomic E-state index is 10.8. The Balaban J connectivity index is 2.57. The van der Waals surface area contributed by atoms with Crippen LogP contribution in [-0.4, -0.2) is 34.0 Å². The lowest BCUT2D eigenvalue weighted by molar-refractivity contribution is -0.141. The topological polar surface area (TPSA) is 53.4 Å². The van der Waals surface area contributed by atoms with Crippen molar-refractivity contribution in [3.8, 4) is 0 Å². The minimum atomic E-state index is -0.745. The Morgan fingerprint density at radius 1 is 1.53 bits per heavy atom. The van der Waals surface area contributed by atoms with Gasteiger partial charge in [0.1, 0.15) is 0 Å². The molecule has 0 aliphatic heterocycles. The molecule has 17 heavy (non-hydrogen) atoms. The zero-order chi connectivity index (χ0) is 12.8. The summed E-state index contributed by atoms with van der Waals surface area (Å²) in [5.74, 6) is -1.08. The number of aliphatic carboxylic acids is 1. The number of hydrogen-bond donors (Lipinski definition) is 1. The number of pyridine rings is 1. The van der Waals surface area contributed by atoms with E-state index >= 15 is 0 Å². The van der Waals surface area contributed by atoms with Gasteiger partial charge in [0.05, 0.1) is 5.92 Å². The van der Waals surface area contributed by atoms with Gasteiger partial charge in [-0.2, -0.15) is 0 Å². The summed E-state index contributed by atoms with van der Waals surface area (Å²) in [6.07, 6.45) is 1.85. The number of aryl methyl sites for hydroxylation is 1. The molecule has 1 N–H and O–H groups in total. The molecule has 0 saturated carbocycles. The van der Waals surface area contributed by atoms with Crippen molar-refractivity contribution in [2.45, 2.75) is 27.3 Å². The SMILES string of the molecule is CCN(Cc1ccc(C)nc1)CC(C)C(=O)O. The molecule has 1 atom stereocenters. The molecule has 1 aromatic heterocycles. The summed E-state index contributed by atoms with van der Waals surface area (Å²) < 4.78 is 0. The first kappa shape index (κ1) is 13.6. The summed E-state index contributed by atoms with van der Waals surface area (Å²) in [6, 6.07) is 4.01. The zero-order valence-corrected chi connectivity index (χ0v) is 10.7. The van der Waals surface area contributed by atoms with Crippen LogP contribution < -0.4 is 0 Å². The number of rotatable bonds is 6. The van der Waals surface area contributed by atoms with Crippen LogP contribution in [0.25, 0.3) is 0 Å². The van der Waals surface area contributed by atoms with E-state index in [0.29, 0.717) is 6.54 Å². The summed E-state index contributed by atoms with van der Waals surface area (Å²) in [6.45, 7) is 7.88. The maximum Gasteiger partial charge on any atom is 0.307 e. The molecule has 1 aromatic rings. The molecule has 94 valence electrons. The van der Waals surface area contributed by atoms with Gasteiger partial charge in [0, 0.05) is 25.0 Å². The second-order valence-electron chi connectivity index (χ2n) is 4.37. The van der Waals surface area contributed by atoms with Crippen molar-refractivity contribution < 1.29 is 9.90 Å². The van der Waals surface area contributed by atoms with Gasteiger partial charge in [-0.3, -0.25) is 14.7 Å². The minimum Gasteiger partial charge on any atom is -0.481 e. The molecular formula is C13H20N2O2. The Kier molecular flexibility index (Phi) is 5.10. The Bertz CT molecular complexity index is 362. The average Bonchev–Trinajstić information content (AvgIpc) is 2.30. The summed E-state index contributed by atoms with van der Waals surface area (Å²) in [5, 5.41) is 8.89. The summed E-state index contributed by atoms with van der Waals surface area (Å²) in [7, 11) is 0. The second kappa shape index (κ2) is 6.35.